The van der Waals surface area contributed by atoms with Gasteiger partial charge in [-0.05, 0) is 43.2 Å². The zero-order chi connectivity index (χ0) is 21.2. The number of hydrogen-bond donors (Lipinski definition) is 2. The van der Waals surface area contributed by atoms with Crippen LogP contribution in [0.4, 0.5) is 8.78 Å². The molecule has 2 aromatic rings. The van der Waals surface area contributed by atoms with E-state index in [1.54, 1.807) is 18.4 Å². The lowest BCUT2D eigenvalue weighted by atomic mass is 10.2. The van der Waals surface area contributed by atoms with E-state index in [0.29, 0.717) is 36.8 Å². The van der Waals surface area contributed by atoms with Gasteiger partial charge in [0.25, 0.3) is 0 Å². The van der Waals surface area contributed by atoms with Gasteiger partial charge in [-0.25, -0.2) is 4.99 Å². The lowest BCUT2D eigenvalue weighted by Crippen LogP contribution is -2.41. The van der Waals surface area contributed by atoms with Gasteiger partial charge in [0.05, 0.1) is 26.0 Å². The van der Waals surface area contributed by atoms with Gasteiger partial charge in [-0.15, -0.1) is 0 Å². The predicted octanol–water partition coefficient (Wildman–Crippen LogP) is 3.35. The number of benzene rings is 1. The van der Waals surface area contributed by atoms with Gasteiger partial charge in [0.1, 0.15) is 17.3 Å². The fourth-order valence-corrected chi connectivity index (χ4v) is 3.13. The number of ether oxygens (including phenoxy) is 3. The maximum absolute atomic E-state index is 12.7. The predicted molar refractivity (Wildman–Crippen MR) is 108 cm³/mol. The van der Waals surface area contributed by atoms with E-state index in [1.165, 1.54) is 13.2 Å². The van der Waals surface area contributed by atoms with Crippen molar-refractivity contribution in [1.82, 2.24) is 10.6 Å². The molecule has 0 saturated carbocycles. The molecular formula is C21H27F2N3O4. The van der Waals surface area contributed by atoms with Crippen molar-refractivity contribution in [3.8, 4) is 11.5 Å². The number of alkyl halides is 2. The van der Waals surface area contributed by atoms with Crippen molar-refractivity contribution >= 4 is 5.96 Å². The van der Waals surface area contributed by atoms with E-state index in [4.69, 9.17) is 13.9 Å². The molecule has 1 saturated heterocycles. The van der Waals surface area contributed by atoms with Crippen LogP contribution in [0, 0.1) is 0 Å². The first-order valence-corrected chi connectivity index (χ1v) is 9.92. The number of methoxy groups -OCH3 is 1. The van der Waals surface area contributed by atoms with Crippen molar-refractivity contribution in [3.63, 3.8) is 0 Å². The van der Waals surface area contributed by atoms with Crippen molar-refractivity contribution < 1.29 is 27.4 Å². The molecule has 0 bridgehead atoms. The van der Waals surface area contributed by atoms with Gasteiger partial charge in [0.2, 0.25) is 0 Å². The van der Waals surface area contributed by atoms with Crippen molar-refractivity contribution in [2.24, 2.45) is 4.99 Å². The summed E-state index contributed by atoms with van der Waals surface area (Å²) in [6.45, 7) is -0.789. The molecule has 7 nitrogen and oxygen atoms in total. The highest BCUT2D eigenvalue weighted by Crippen LogP contribution is 2.26. The molecule has 1 aliphatic rings. The van der Waals surface area contributed by atoms with Gasteiger partial charge >= 0.3 is 6.61 Å². The lowest BCUT2D eigenvalue weighted by Gasteiger charge is -2.16. The van der Waals surface area contributed by atoms with Gasteiger partial charge in [-0.2, -0.15) is 8.78 Å². The summed E-state index contributed by atoms with van der Waals surface area (Å²) in [4.78, 5) is 4.54. The summed E-state index contributed by atoms with van der Waals surface area (Å²) in [5, 5.41) is 6.51. The Labute approximate surface area is 174 Å². The summed E-state index contributed by atoms with van der Waals surface area (Å²) in [7, 11) is 1.51. The Bertz CT molecular complexity index is 794. The van der Waals surface area contributed by atoms with Crippen molar-refractivity contribution in [2.45, 2.75) is 38.5 Å². The molecule has 1 unspecified atom stereocenters. The second kappa shape index (κ2) is 11.4. The van der Waals surface area contributed by atoms with Crippen LogP contribution in [-0.2, 0) is 17.7 Å². The largest absolute Gasteiger partial charge is 0.497 e. The van der Waals surface area contributed by atoms with Crippen LogP contribution in [0.3, 0.4) is 0 Å². The Morgan fingerprint density at radius 2 is 2.20 bits per heavy atom. The van der Waals surface area contributed by atoms with E-state index in [9.17, 15) is 8.78 Å². The first-order valence-electron chi connectivity index (χ1n) is 9.92. The molecule has 2 N–H and O–H groups in total. The first kappa shape index (κ1) is 21.9. The van der Waals surface area contributed by atoms with E-state index in [0.717, 1.165) is 25.2 Å². The Kier molecular flexibility index (Phi) is 8.31. The molecule has 3 rings (SSSR count). The Morgan fingerprint density at radius 3 is 2.90 bits per heavy atom. The van der Waals surface area contributed by atoms with E-state index >= 15 is 0 Å². The zero-order valence-corrected chi connectivity index (χ0v) is 16.9. The lowest BCUT2D eigenvalue weighted by molar-refractivity contribution is -0.0504. The van der Waals surface area contributed by atoms with Gasteiger partial charge in [-0.3, -0.25) is 0 Å². The monoisotopic (exact) mass is 423 g/mol. The molecule has 30 heavy (non-hydrogen) atoms. The number of hydrogen-bond acceptors (Lipinski definition) is 5. The minimum Gasteiger partial charge on any atom is -0.497 e. The average Bonchev–Trinajstić information content (AvgIpc) is 3.44. The van der Waals surface area contributed by atoms with E-state index in [1.807, 2.05) is 12.1 Å². The van der Waals surface area contributed by atoms with Crippen molar-refractivity contribution in [3.05, 3.63) is 47.9 Å². The van der Waals surface area contributed by atoms with E-state index in [-0.39, 0.29) is 18.4 Å². The summed E-state index contributed by atoms with van der Waals surface area (Å²) in [6.07, 6.45) is 4.49. The molecule has 1 aromatic heterocycles. The molecular weight excluding hydrogens is 396 g/mol. The SMILES string of the molecule is COc1ccc(OC(F)F)c(CN=C(NCCc2ccco2)NCC2CCCO2)c1. The summed E-state index contributed by atoms with van der Waals surface area (Å²) in [5.74, 6) is 2.04. The fourth-order valence-electron chi connectivity index (χ4n) is 3.13. The molecule has 1 aromatic carbocycles. The summed E-state index contributed by atoms with van der Waals surface area (Å²) in [6, 6.07) is 8.42. The van der Waals surface area contributed by atoms with E-state index < -0.39 is 6.61 Å². The van der Waals surface area contributed by atoms with Crippen LogP contribution < -0.4 is 20.1 Å². The molecule has 0 aliphatic carbocycles. The third-order valence-electron chi connectivity index (χ3n) is 4.66. The number of nitrogens with zero attached hydrogens (tertiary/aromatic N) is 1. The summed E-state index contributed by atoms with van der Waals surface area (Å²) in [5.41, 5.74) is 0.499. The number of aliphatic imine (C=N–C) groups is 1. The zero-order valence-electron chi connectivity index (χ0n) is 16.9. The summed E-state index contributed by atoms with van der Waals surface area (Å²) < 4.78 is 46.3. The van der Waals surface area contributed by atoms with Gasteiger partial charge in [0.15, 0.2) is 5.96 Å². The highest BCUT2D eigenvalue weighted by molar-refractivity contribution is 5.79. The highest BCUT2D eigenvalue weighted by Gasteiger charge is 2.16. The van der Waals surface area contributed by atoms with Crippen LogP contribution >= 0.6 is 0 Å². The molecule has 2 heterocycles. The second-order valence-corrected chi connectivity index (χ2v) is 6.79. The smallest absolute Gasteiger partial charge is 0.387 e. The Morgan fingerprint density at radius 1 is 1.30 bits per heavy atom. The van der Waals surface area contributed by atoms with Gasteiger partial charge < -0.3 is 29.3 Å². The Balaban J connectivity index is 1.67. The fraction of sp³-hybridized carbons (Fsp3) is 0.476. The third kappa shape index (κ3) is 6.91. The maximum atomic E-state index is 12.7. The van der Waals surface area contributed by atoms with Crippen LogP contribution in [0.15, 0.2) is 46.0 Å². The van der Waals surface area contributed by atoms with Crippen molar-refractivity contribution in [2.75, 3.05) is 26.8 Å². The maximum Gasteiger partial charge on any atom is 0.387 e. The quantitative estimate of drug-likeness (QED) is 0.451. The minimum atomic E-state index is -2.91. The number of nitrogens with one attached hydrogen (secondary N) is 2. The second-order valence-electron chi connectivity index (χ2n) is 6.79. The Hall–Kier alpha value is -2.81. The van der Waals surface area contributed by atoms with Gasteiger partial charge in [-0.1, -0.05) is 0 Å². The molecule has 9 heteroatoms. The van der Waals surface area contributed by atoms with Crippen molar-refractivity contribution in [1.29, 1.82) is 0 Å². The molecule has 1 atom stereocenters. The molecule has 1 aliphatic heterocycles. The van der Waals surface area contributed by atoms with E-state index in [2.05, 4.69) is 20.4 Å². The molecule has 0 spiro atoms. The minimum absolute atomic E-state index is 0.0728. The van der Waals surface area contributed by atoms with Crippen LogP contribution in [0.25, 0.3) is 0 Å². The average molecular weight is 423 g/mol. The number of guanidine groups is 1. The topological polar surface area (TPSA) is 77.2 Å². The van der Waals surface area contributed by atoms with Crippen LogP contribution in [-0.4, -0.2) is 45.5 Å². The standard InChI is InChI=1S/C21H27F2N3O4/c1-27-17-6-7-19(30-20(22)23)15(12-17)13-25-21(26-14-18-5-3-11-29-18)24-9-8-16-4-2-10-28-16/h2,4,6-7,10,12,18,20H,3,5,8-9,11,13-14H2,1H3,(H2,24,25,26). The number of halogens is 2. The van der Waals surface area contributed by atoms with Crippen LogP contribution in [0.5, 0.6) is 11.5 Å². The van der Waals surface area contributed by atoms with Gasteiger partial charge in [0, 0.05) is 31.7 Å². The van der Waals surface area contributed by atoms with Crippen LogP contribution in [0.1, 0.15) is 24.2 Å². The summed E-state index contributed by atoms with van der Waals surface area (Å²) >= 11 is 0. The molecule has 0 amide bonds. The highest BCUT2D eigenvalue weighted by atomic mass is 19.3. The first-order chi connectivity index (χ1) is 14.6. The number of rotatable bonds is 10. The number of furan rings is 1. The molecule has 164 valence electrons. The molecule has 1 fully saturated rings. The normalized spacial score (nSPS) is 16.7. The third-order valence-corrected chi connectivity index (χ3v) is 4.66. The van der Waals surface area contributed by atoms with Crippen LogP contribution in [0.2, 0.25) is 0 Å². The molecule has 0 radical (unpaired) electrons.